The normalized spacial score (nSPS) is 19.9. The summed E-state index contributed by atoms with van der Waals surface area (Å²) in [6.45, 7) is 4.65. The molecule has 1 nitrogen and oxygen atoms in total. The summed E-state index contributed by atoms with van der Waals surface area (Å²) in [4.78, 5) is 0. The third-order valence-electron chi connectivity index (χ3n) is 3.90. The van der Waals surface area contributed by atoms with Gasteiger partial charge in [0.05, 0.1) is 0 Å². The second-order valence-electron chi connectivity index (χ2n) is 5.96. The van der Waals surface area contributed by atoms with E-state index in [0.29, 0.717) is 6.10 Å². The van der Waals surface area contributed by atoms with Crippen LogP contribution in [0.4, 0.5) is 0 Å². The minimum atomic E-state index is -0.486. The largest absolute Gasteiger partial charge is 0.415 e. The van der Waals surface area contributed by atoms with Crippen molar-refractivity contribution >= 4 is 25.6 Å². The lowest BCUT2D eigenvalue weighted by Gasteiger charge is -2.31. The van der Waals surface area contributed by atoms with Gasteiger partial charge in [-0.3, -0.25) is 0 Å². The molecule has 1 fully saturated rings. The summed E-state index contributed by atoms with van der Waals surface area (Å²) in [6, 6.07) is 4.39. The Morgan fingerprint density at radius 1 is 1.33 bits per heavy atom. The molecule has 1 heterocycles. The van der Waals surface area contributed by atoms with Crippen molar-refractivity contribution in [3.8, 4) is 0 Å². The van der Waals surface area contributed by atoms with E-state index in [1.807, 2.05) is 11.3 Å². The summed E-state index contributed by atoms with van der Waals surface area (Å²) in [6.07, 6.45) is 8.87. The molecule has 1 atom stereocenters. The molecule has 0 radical (unpaired) electrons. The fraction of sp³-hybridized carbons (Fsp3) is 0.733. The molecule has 0 spiro atoms. The molecule has 1 aromatic rings. The fourth-order valence-corrected chi connectivity index (χ4v) is 5.22. The van der Waals surface area contributed by atoms with E-state index in [9.17, 15) is 0 Å². The summed E-state index contributed by atoms with van der Waals surface area (Å²) in [5.74, 6) is 1.60. The van der Waals surface area contributed by atoms with Gasteiger partial charge in [-0.25, -0.2) is 0 Å². The zero-order chi connectivity index (χ0) is 12.8. The Morgan fingerprint density at radius 2 is 2.11 bits per heavy atom. The highest BCUT2D eigenvalue weighted by molar-refractivity contribution is 7.19. The van der Waals surface area contributed by atoms with Gasteiger partial charge in [0.25, 0.3) is 0 Å². The van der Waals surface area contributed by atoms with Crippen LogP contribution in [0.25, 0.3) is 0 Å². The van der Waals surface area contributed by atoms with E-state index >= 15 is 0 Å². The fourth-order valence-electron chi connectivity index (χ4n) is 2.95. The van der Waals surface area contributed by atoms with Gasteiger partial charge in [0, 0.05) is 10.6 Å². The molecule has 1 aromatic heterocycles. The molecule has 0 bridgehead atoms. The van der Waals surface area contributed by atoms with E-state index in [1.54, 1.807) is 0 Å². The van der Waals surface area contributed by atoms with Gasteiger partial charge >= 0.3 is 0 Å². The molecular formula is C15H26OSSi. The Labute approximate surface area is 118 Å². The summed E-state index contributed by atoms with van der Waals surface area (Å²) in [5.41, 5.74) is 0. The Bertz CT molecular complexity index is 317. The molecule has 0 N–H and O–H groups in total. The predicted octanol–water partition coefficient (Wildman–Crippen LogP) is 3.47. The Kier molecular flexibility index (Phi) is 5.92. The van der Waals surface area contributed by atoms with Crippen molar-refractivity contribution < 1.29 is 4.43 Å². The monoisotopic (exact) mass is 282 g/mol. The minimum absolute atomic E-state index is 0.486. The van der Waals surface area contributed by atoms with Crippen LogP contribution in [-0.4, -0.2) is 15.9 Å². The molecule has 1 unspecified atom stereocenters. The lowest BCUT2D eigenvalue weighted by Crippen LogP contribution is -2.31. The van der Waals surface area contributed by atoms with Gasteiger partial charge in [-0.15, -0.1) is 0 Å². The molecule has 0 amide bonds. The molecule has 0 aromatic carbocycles. The van der Waals surface area contributed by atoms with Crippen LogP contribution in [0.5, 0.6) is 0 Å². The number of hydrogen-bond acceptors (Lipinski definition) is 2. The maximum absolute atomic E-state index is 6.39. The van der Waals surface area contributed by atoms with Crippen molar-refractivity contribution in [3.05, 3.63) is 17.5 Å². The zero-order valence-electron chi connectivity index (χ0n) is 11.7. The molecule has 1 saturated carbocycles. The maximum Gasteiger partial charge on any atom is 0.203 e. The zero-order valence-corrected chi connectivity index (χ0v) is 14.0. The topological polar surface area (TPSA) is 9.23 Å². The lowest BCUT2D eigenvalue weighted by molar-refractivity contribution is 0.0947. The van der Waals surface area contributed by atoms with Gasteiger partial charge < -0.3 is 4.43 Å². The van der Waals surface area contributed by atoms with Crippen LogP contribution in [0.3, 0.4) is 0 Å². The Hall–Kier alpha value is -0.123. The molecule has 2 rings (SSSR count). The molecule has 1 aliphatic carbocycles. The first kappa shape index (κ1) is 14.3. The van der Waals surface area contributed by atoms with Gasteiger partial charge in [0.1, 0.15) is 0 Å². The molecule has 0 saturated heterocycles. The molecule has 3 heteroatoms. The highest BCUT2D eigenvalue weighted by atomic mass is 32.1. The van der Waals surface area contributed by atoms with Crippen LogP contribution in [0, 0.1) is 11.8 Å². The van der Waals surface area contributed by atoms with Crippen molar-refractivity contribution in [1.82, 2.24) is 0 Å². The van der Waals surface area contributed by atoms with Gasteiger partial charge in [0.15, 0.2) is 0 Å². The average molecular weight is 283 g/mol. The van der Waals surface area contributed by atoms with Crippen molar-refractivity contribution in [2.75, 3.05) is 0 Å². The number of rotatable bonds is 6. The summed E-state index contributed by atoms with van der Waals surface area (Å²) >= 11 is 1.87. The van der Waals surface area contributed by atoms with E-state index in [0.717, 1.165) is 11.8 Å². The standard InChI is InChI=1S/C15H26OSSi/c1-12(2)11-14(13-7-4-3-5-8-13)16-18-15-9-6-10-17-15/h6,9-10,12-14H,3-5,7-8,11,18H2,1-2H3. The van der Waals surface area contributed by atoms with Crippen molar-refractivity contribution in [1.29, 1.82) is 0 Å². The average Bonchev–Trinajstić information content (AvgIpc) is 2.88. The molecular weight excluding hydrogens is 256 g/mol. The van der Waals surface area contributed by atoms with Crippen molar-refractivity contribution in [3.63, 3.8) is 0 Å². The van der Waals surface area contributed by atoms with E-state index in [4.69, 9.17) is 4.43 Å². The van der Waals surface area contributed by atoms with Gasteiger partial charge in [-0.05, 0) is 36.5 Å². The smallest absolute Gasteiger partial charge is 0.203 e. The number of hydrogen-bond donors (Lipinski definition) is 0. The van der Waals surface area contributed by atoms with Crippen LogP contribution in [-0.2, 0) is 4.43 Å². The summed E-state index contributed by atoms with van der Waals surface area (Å²) in [5, 5.41) is 2.17. The second-order valence-corrected chi connectivity index (χ2v) is 8.88. The predicted molar refractivity (Wildman–Crippen MR) is 83.4 cm³/mol. The highest BCUT2D eigenvalue weighted by Crippen LogP contribution is 2.30. The SMILES string of the molecule is CC(C)CC(O[SiH2]c1cccs1)C1CCCCC1. The molecule has 0 aliphatic heterocycles. The Balaban J connectivity index is 1.87. The first-order chi connectivity index (χ1) is 8.75. The van der Waals surface area contributed by atoms with E-state index < -0.39 is 9.76 Å². The van der Waals surface area contributed by atoms with Crippen LogP contribution < -0.4 is 4.50 Å². The summed E-state index contributed by atoms with van der Waals surface area (Å²) in [7, 11) is -0.486. The van der Waals surface area contributed by atoms with E-state index in [-0.39, 0.29) is 0 Å². The van der Waals surface area contributed by atoms with Crippen molar-refractivity contribution in [2.24, 2.45) is 11.8 Å². The second kappa shape index (κ2) is 7.46. The van der Waals surface area contributed by atoms with Gasteiger partial charge in [-0.1, -0.05) is 45.2 Å². The van der Waals surface area contributed by atoms with Crippen LogP contribution >= 0.6 is 11.3 Å². The molecule has 18 heavy (non-hydrogen) atoms. The van der Waals surface area contributed by atoms with Crippen molar-refractivity contribution in [2.45, 2.75) is 58.5 Å². The van der Waals surface area contributed by atoms with Gasteiger partial charge in [0.2, 0.25) is 9.76 Å². The highest BCUT2D eigenvalue weighted by Gasteiger charge is 2.24. The molecule has 1 aliphatic rings. The van der Waals surface area contributed by atoms with E-state index in [1.165, 1.54) is 43.0 Å². The lowest BCUT2D eigenvalue weighted by atomic mass is 9.82. The Morgan fingerprint density at radius 3 is 2.72 bits per heavy atom. The quantitative estimate of drug-likeness (QED) is 0.726. The van der Waals surface area contributed by atoms with Crippen LogP contribution in [0.15, 0.2) is 17.5 Å². The minimum Gasteiger partial charge on any atom is -0.415 e. The molecule has 102 valence electrons. The third-order valence-corrected chi connectivity index (χ3v) is 6.60. The first-order valence-electron chi connectivity index (χ1n) is 7.39. The van der Waals surface area contributed by atoms with Crippen LogP contribution in [0.2, 0.25) is 0 Å². The van der Waals surface area contributed by atoms with Gasteiger partial charge in [-0.2, -0.15) is 11.3 Å². The maximum atomic E-state index is 6.39. The van der Waals surface area contributed by atoms with Crippen LogP contribution in [0.1, 0.15) is 52.4 Å². The summed E-state index contributed by atoms with van der Waals surface area (Å²) < 4.78 is 7.89. The third kappa shape index (κ3) is 4.52. The van der Waals surface area contributed by atoms with E-state index in [2.05, 4.69) is 31.4 Å². The first-order valence-corrected chi connectivity index (χ1v) is 9.56. The number of thiophene rings is 1.